The molecule has 0 amide bonds. The van der Waals surface area contributed by atoms with E-state index >= 15 is 0 Å². The summed E-state index contributed by atoms with van der Waals surface area (Å²) in [4.78, 5) is 0. The van der Waals surface area contributed by atoms with E-state index in [1.165, 1.54) is 0 Å². The summed E-state index contributed by atoms with van der Waals surface area (Å²) in [5.74, 6) is 0. The summed E-state index contributed by atoms with van der Waals surface area (Å²) in [6, 6.07) is 1.23. The highest BCUT2D eigenvalue weighted by atomic mass is 19.4. The zero-order valence-corrected chi connectivity index (χ0v) is 11.4. The van der Waals surface area contributed by atoms with Gasteiger partial charge in [0.2, 0.25) is 0 Å². The third-order valence-electron chi connectivity index (χ3n) is 2.69. The predicted octanol–water partition coefficient (Wildman–Crippen LogP) is 2.81. The molecule has 1 aromatic rings. The number of rotatable bonds is 3. The van der Waals surface area contributed by atoms with E-state index in [0.29, 0.717) is 12.1 Å². The number of alkyl halides is 3. The van der Waals surface area contributed by atoms with Crippen molar-refractivity contribution in [3.05, 3.63) is 17.5 Å². The lowest BCUT2D eigenvalue weighted by molar-refractivity contribution is -0.146. The number of hydrogen-bond donors (Lipinski definition) is 1. The summed E-state index contributed by atoms with van der Waals surface area (Å²) in [5.41, 5.74) is -0.918. The molecular weight excluding hydrogens is 243 g/mol. The Hall–Kier alpha value is -1.04. The first-order chi connectivity index (χ1) is 8.05. The van der Waals surface area contributed by atoms with Gasteiger partial charge in [0.05, 0.1) is 11.2 Å². The Morgan fingerprint density at radius 2 is 1.89 bits per heavy atom. The van der Waals surface area contributed by atoms with Crippen LogP contribution < -0.4 is 5.32 Å². The average molecular weight is 263 g/mol. The first-order valence-corrected chi connectivity index (χ1v) is 5.89. The molecule has 1 aromatic heterocycles. The molecule has 0 aliphatic rings. The second-order valence-electron chi connectivity index (χ2n) is 5.50. The minimum atomic E-state index is -4.37. The van der Waals surface area contributed by atoms with Gasteiger partial charge < -0.3 is 5.32 Å². The van der Waals surface area contributed by atoms with Crippen LogP contribution in [0.4, 0.5) is 13.2 Å². The maximum Gasteiger partial charge on any atom is 0.433 e. The van der Waals surface area contributed by atoms with Gasteiger partial charge >= 0.3 is 6.18 Å². The highest BCUT2D eigenvalue weighted by Gasteiger charge is 2.38. The van der Waals surface area contributed by atoms with E-state index in [4.69, 9.17) is 0 Å². The van der Waals surface area contributed by atoms with Crippen molar-refractivity contribution in [1.82, 2.24) is 15.1 Å². The fourth-order valence-corrected chi connectivity index (χ4v) is 1.66. The van der Waals surface area contributed by atoms with Crippen LogP contribution in [0.5, 0.6) is 0 Å². The van der Waals surface area contributed by atoms with Crippen molar-refractivity contribution < 1.29 is 13.2 Å². The summed E-state index contributed by atoms with van der Waals surface area (Å²) < 4.78 is 39.9. The largest absolute Gasteiger partial charge is 0.433 e. The summed E-state index contributed by atoms with van der Waals surface area (Å²) in [6.45, 7) is 7.03. The average Bonchev–Trinajstić information content (AvgIpc) is 2.60. The van der Waals surface area contributed by atoms with Gasteiger partial charge in [0, 0.05) is 12.5 Å². The van der Waals surface area contributed by atoms with E-state index in [9.17, 15) is 13.2 Å². The SMILES string of the molecule is CNC(C)Cc1cc(C(F)(F)F)n(C(C)(C)C)n1. The van der Waals surface area contributed by atoms with Crippen LogP contribution in [0.25, 0.3) is 0 Å². The van der Waals surface area contributed by atoms with E-state index in [1.807, 2.05) is 6.92 Å². The summed E-state index contributed by atoms with van der Waals surface area (Å²) in [7, 11) is 1.77. The fourth-order valence-electron chi connectivity index (χ4n) is 1.66. The third-order valence-corrected chi connectivity index (χ3v) is 2.69. The molecule has 1 rings (SSSR count). The Balaban J connectivity index is 3.16. The molecule has 0 spiro atoms. The molecule has 18 heavy (non-hydrogen) atoms. The molecule has 0 aliphatic heterocycles. The molecule has 0 radical (unpaired) electrons. The zero-order valence-electron chi connectivity index (χ0n) is 11.4. The lowest BCUT2D eigenvalue weighted by Crippen LogP contribution is -2.29. The van der Waals surface area contributed by atoms with Crippen LogP contribution in [-0.4, -0.2) is 22.9 Å². The molecule has 1 N–H and O–H groups in total. The van der Waals surface area contributed by atoms with Crippen molar-refractivity contribution >= 4 is 0 Å². The first kappa shape index (κ1) is 15.0. The smallest absolute Gasteiger partial charge is 0.317 e. The maximum atomic E-state index is 12.9. The number of nitrogens with zero attached hydrogens (tertiary/aromatic N) is 2. The van der Waals surface area contributed by atoms with Crippen molar-refractivity contribution in [2.24, 2.45) is 0 Å². The highest BCUT2D eigenvalue weighted by molar-refractivity contribution is 5.16. The second kappa shape index (κ2) is 4.91. The van der Waals surface area contributed by atoms with Gasteiger partial charge in [-0.05, 0) is 40.8 Å². The van der Waals surface area contributed by atoms with Gasteiger partial charge in [-0.1, -0.05) is 0 Å². The van der Waals surface area contributed by atoms with Crippen molar-refractivity contribution in [1.29, 1.82) is 0 Å². The Morgan fingerprint density at radius 3 is 2.22 bits per heavy atom. The molecule has 0 saturated heterocycles. The minimum Gasteiger partial charge on any atom is -0.317 e. The molecule has 1 unspecified atom stereocenters. The van der Waals surface area contributed by atoms with Gasteiger partial charge in [-0.3, -0.25) is 4.68 Å². The molecule has 0 bridgehead atoms. The molecule has 6 heteroatoms. The summed E-state index contributed by atoms with van der Waals surface area (Å²) in [5, 5.41) is 7.08. The summed E-state index contributed by atoms with van der Waals surface area (Å²) >= 11 is 0. The van der Waals surface area contributed by atoms with Gasteiger partial charge in [-0.15, -0.1) is 0 Å². The molecule has 3 nitrogen and oxygen atoms in total. The Labute approximate surface area is 105 Å². The molecule has 0 saturated carbocycles. The predicted molar refractivity (Wildman–Crippen MR) is 64.5 cm³/mol. The lowest BCUT2D eigenvalue weighted by Gasteiger charge is -2.23. The quantitative estimate of drug-likeness (QED) is 0.908. The molecule has 1 atom stereocenters. The molecule has 0 fully saturated rings. The number of nitrogens with one attached hydrogen (secondary N) is 1. The first-order valence-electron chi connectivity index (χ1n) is 5.89. The topological polar surface area (TPSA) is 29.9 Å². The monoisotopic (exact) mass is 263 g/mol. The molecular formula is C12H20F3N3. The van der Waals surface area contributed by atoms with Crippen LogP contribution in [0.3, 0.4) is 0 Å². The van der Waals surface area contributed by atoms with Crippen LogP contribution in [0.1, 0.15) is 39.1 Å². The van der Waals surface area contributed by atoms with Crippen LogP contribution in [0.15, 0.2) is 6.07 Å². The Morgan fingerprint density at radius 1 is 1.33 bits per heavy atom. The van der Waals surface area contributed by atoms with Crippen LogP contribution in [0, 0.1) is 0 Å². The Kier molecular flexibility index (Phi) is 4.10. The molecule has 0 aromatic carbocycles. The van der Waals surface area contributed by atoms with E-state index < -0.39 is 17.4 Å². The summed E-state index contributed by atoms with van der Waals surface area (Å²) in [6.07, 6.45) is -3.90. The third kappa shape index (κ3) is 3.48. The van der Waals surface area contributed by atoms with Crippen molar-refractivity contribution in [2.75, 3.05) is 7.05 Å². The van der Waals surface area contributed by atoms with Gasteiger partial charge in [0.25, 0.3) is 0 Å². The number of aromatic nitrogens is 2. The second-order valence-corrected chi connectivity index (χ2v) is 5.50. The molecule has 1 heterocycles. The van der Waals surface area contributed by atoms with E-state index in [-0.39, 0.29) is 6.04 Å². The van der Waals surface area contributed by atoms with Gasteiger partial charge in [-0.25, -0.2) is 0 Å². The number of hydrogen-bond acceptors (Lipinski definition) is 2. The van der Waals surface area contributed by atoms with E-state index in [2.05, 4.69) is 10.4 Å². The highest BCUT2D eigenvalue weighted by Crippen LogP contribution is 2.33. The zero-order chi connectivity index (χ0) is 14.1. The van der Waals surface area contributed by atoms with Crippen LogP contribution in [-0.2, 0) is 18.1 Å². The maximum absolute atomic E-state index is 12.9. The van der Waals surface area contributed by atoms with Gasteiger partial charge in [-0.2, -0.15) is 18.3 Å². The minimum absolute atomic E-state index is 0.0920. The fraction of sp³-hybridized carbons (Fsp3) is 0.750. The normalized spacial score (nSPS) is 14.9. The van der Waals surface area contributed by atoms with Gasteiger partial charge in [0.15, 0.2) is 0 Å². The molecule has 104 valence electrons. The van der Waals surface area contributed by atoms with Crippen molar-refractivity contribution in [3.8, 4) is 0 Å². The van der Waals surface area contributed by atoms with Gasteiger partial charge in [0.1, 0.15) is 5.69 Å². The van der Waals surface area contributed by atoms with E-state index in [0.717, 1.165) is 10.7 Å². The van der Waals surface area contributed by atoms with Crippen LogP contribution >= 0.6 is 0 Å². The van der Waals surface area contributed by atoms with E-state index in [1.54, 1.807) is 27.8 Å². The molecule has 0 aliphatic carbocycles. The number of halogens is 3. The lowest BCUT2D eigenvalue weighted by atomic mass is 10.1. The van der Waals surface area contributed by atoms with Crippen molar-refractivity contribution in [2.45, 2.75) is 51.9 Å². The van der Waals surface area contributed by atoms with Crippen LogP contribution in [0.2, 0.25) is 0 Å². The van der Waals surface area contributed by atoms with Crippen molar-refractivity contribution in [3.63, 3.8) is 0 Å². The Bertz CT molecular complexity index is 370. The standard InChI is InChI=1S/C12H20F3N3/c1-8(16-5)6-9-7-10(12(13,14)15)18(17-9)11(2,3)4/h7-8,16H,6H2,1-5H3. The number of likely N-dealkylation sites (N-methyl/N-ethyl adjacent to an activating group) is 1.